The lowest BCUT2D eigenvalue weighted by Gasteiger charge is -2.12. The van der Waals surface area contributed by atoms with Gasteiger partial charge in [0.25, 0.3) is 0 Å². The number of nitrogens with two attached hydrogens (primary N) is 1. The van der Waals surface area contributed by atoms with Crippen LogP contribution in [0.4, 0.5) is 14.5 Å². The van der Waals surface area contributed by atoms with Crippen LogP contribution in [-0.2, 0) is 19.9 Å². The third-order valence-electron chi connectivity index (χ3n) is 3.34. The van der Waals surface area contributed by atoms with Crippen LogP contribution >= 0.6 is 0 Å². The Balaban J connectivity index is 2.22. The molecule has 0 amide bonds. The third-order valence-corrected chi connectivity index (χ3v) is 7.06. The Morgan fingerprint density at radius 2 is 2.00 bits per heavy atom. The van der Waals surface area contributed by atoms with Gasteiger partial charge in [-0.25, -0.2) is 30.3 Å². The minimum absolute atomic E-state index is 0.0112. The number of rotatable bonds is 4. The summed E-state index contributed by atoms with van der Waals surface area (Å²) < 4.78 is 75.9. The van der Waals surface area contributed by atoms with E-state index in [1.54, 1.807) is 0 Å². The highest BCUT2D eigenvalue weighted by atomic mass is 32.2. The van der Waals surface area contributed by atoms with Gasteiger partial charge in [0.1, 0.15) is 16.4 Å². The average Bonchev–Trinajstić information content (AvgIpc) is 2.72. The molecule has 1 fully saturated rings. The minimum Gasteiger partial charge on any atom is -0.394 e. The summed E-state index contributed by atoms with van der Waals surface area (Å²) in [5.74, 6) is -2.45. The maximum absolute atomic E-state index is 13.7. The van der Waals surface area contributed by atoms with Gasteiger partial charge in [-0.15, -0.1) is 0 Å². The third kappa shape index (κ3) is 3.16. The molecule has 0 bridgehead atoms. The molecule has 0 aromatic heterocycles. The second kappa shape index (κ2) is 5.50. The zero-order chi connectivity index (χ0) is 15.8. The molecule has 1 atom stereocenters. The van der Waals surface area contributed by atoms with Crippen molar-refractivity contribution in [2.45, 2.75) is 23.0 Å². The maximum atomic E-state index is 13.7. The summed E-state index contributed by atoms with van der Waals surface area (Å²) >= 11 is 0. The van der Waals surface area contributed by atoms with Gasteiger partial charge in [0.15, 0.2) is 15.7 Å². The highest BCUT2D eigenvalue weighted by molar-refractivity contribution is 7.92. The first-order chi connectivity index (χ1) is 9.65. The normalized spacial score (nSPS) is 21.5. The van der Waals surface area contributed by atoms with Crippen molar-refractivity contribution in [2.24, 2.45) is 0 Å². The number of nitrogen functional groups attached to an aromatic ring is 1. The number of halogens is 2. The largest absolute Gasteiger partial charge is 0.394 e. The molecule has 1 aliphatic rings. The van der Waals surface area contributed by atoms with Crippen molar-refractivity contribution < 1.29 is 25.6 Å². The molecule has 1 unspecified atom stereocenters. The Hall–Kier alpha value is -1.26. The molecule has 1 aromatic carbocycles. The topological polar surface area (TPSA) is 106 Å². The molecule has 0 spiro atoms. The van der Waals surface area contributed by atoms with Gasteiger partial charge in [0.05, 0.1) is 11.0 Å². The van der Waals surface area contributed by atoms with E-state index in [9.17, 15) is 25.6 Å². The van der Waals surface area contributed by atoms with E-state index in [-0.39, 0.29) is 12.3 Å². The van der Waals surface area contributed by atoms with Gasteiger partial charge in [-0.2, -0.15) is 0 Å². The fraction of sp³-hybridized carbons (Fsp3) is 0.455. The summed E-state index contributed by atoms with van der Waals surface area (Å²) in [5.41, 5.74) is 4.21. The van der Waals surface area contributed by atoms with Gasteiger partial charge >= 0.3 is 0 Å². The molecular weight excluding hydrogens is 326 g/mol. The van der Waals surface area contributed by atoms with Crippen molar-refractivity contribution in [1.82, 2.24) is 4.72 Å². The molecule has 0 aliphatic carbocycles. The summed E-state index contributed by atoms with van der Waals surface area (Å²) in [6.45, 7) is -0.346. The summed E-state index contributed by atoms with van der Waals surface area (Å²) in [5, 5.41) is -0.826. The van der Waals surface area contributed by atoms with E-state index in [4.69, 9.17) is 5.73 Å². The molecule has 0 radical (unpaired) electrons. The number of sulfonamides is 1. The van der Waals surface area contributed by atoms with E-state index in [0.717, 1.165) is 12.1 Å². The standard InChI is InChI=1S/C11H14F2N2O4S2/c12-8-3-4-9(10(13)11(8)14)21(18,19)15-6-7-2-1-5-20(7,16)17/h3-4,7,15H,1-2,5-6,14H2. The zero-order valence-corrected chi connectivity index (χ0v) is 12.5. The molecule has 118 valence electrons. The molecule has 21 heavy (non-hydrogen) atoms. The van der Waals surface area contributed by atoms with E-state index < -0.39 is 47.3 Å². The second-order valence-corrected chi connectivity index (χ2v) is 8.89. The molecular formula is C11H14F2N2O4S2. The predicted octanol–water partition coefficient (Wildman–Crippen LogP) is 0.402. The minimum atomic E-state index is -4.30. The Bertz CT molecular complexity index is 763. The Labute approximate surface area is 121 Å². The van der Waals surface area contributed by atoms with Crippen molar-refractivity contribution in [3.63, 3.8) is 0 Å². The first-order valence-electron chi connectivity index (χ1n) is 6.10. The zero-order valence-electron chi connectivity index (χ0n) is 10.8. The van der Waals surface area contributed by atoms with Crippen molar-refractivity contribution in [3.8, 4) is 0 Å². The van der Waals surface area contributed by atoms with Gasteiger partial charge in [0.2, 0.25) is 10.0 Å². The molecule has 0 saturated carbocycles. The monoisotopic (exact) mass is 340 g/mol. The van der Waals surface area contributed by atoms with Gasteiger partial charge in [-0.1, -0.05) is 0 Å². The van der Waals surface area contributed by atoms with Gasteiger partial charge in [-0.3, -0.25) is 0 Å². The Morgan fingerprint density at radius 3 is 2.57 bits per heavy atom. The molecule has 6 nitrogen and oxygen atoms in total. The van der Waals surface area contributed by atoms with E-state index in [0.29, 0.717) is 12.8 Å². The molecule has 2 rings (SSSR count). The Kier molecular flexibility index (Phi) is 4.22. The SMILES string of the molecule is Nc1c(F)ccc(S(=O)(=O)NCC2CCCS2(=O)=O)c1F. The molecule has 1 saturated heterocycles. The van der Waals surface area contributed by atoms with Crippen LogP contribution in [0.1, 0.15) is 12.8 Å². The van der Waals surface area contributed by atoms with E-state index in [1.165, 1.54) is 0 Å². The molecule has 1 heterocycles. The maximum Gasteiger partial charge on any atom is 0.243 e. The molecule has 1 aromatic rings. The summed E-state index contributed by atoms with van der Waals surface area (Å²) in [6.07, 6.45) is 0.811. The van der Waals surface area contributed by atoms with Crippen LogP contribution < -0.4 is 10.5 Å². The van der Waals surface area contributed by atoms with Crippen LogP contribution in [0.15, 0.2) is 17.0 Å². The second-order valence-electron chi connectivity index (χ2n) is 4.76. The lowest BCUT2D eigenvalue weighted by Crippen LogP contribution is -2.35. The van der Waals surface area contributed by atoms with Crippen LogP contribution in [0.25, 0.3) is 0 Å². The Morgan fingerprint density at radius 1 is 1.33 bits per heavy atom. The van der Waals surface area contributed by atoms with Crippen molar-refractivity contribution in [1.29, 1.82) is 0 Å². The van der Waals surface area contributed by atoms with E-state index in [1.807, 2.05) is 4.72 Å². The van der Waals surface area contributed by atoms with E-state index >= 15 is 0 Å². The van der Waals surface area contributed by atoms with Gasteiger partial charge in [-0.05, 0) is 25.0 Å². The highest BCUT2D eigenvalue weighted by Crippen LogP contribution is 2.24. The van der Waals surface area contributed by atoms with Crippen LogP contribution in [-0.4, -0.2) is 34.4 Å². The smallest absolute Gasteiger partial charge is 0.243 e. The summed E-state index contributed by atoms with van der Waals surface area (Å²) in [7, 11) is -7.63. The van der Waals surface area contributed by atoms with Crippen LogP contribution in [0.3, 0.4) is 0 Å². The summed E-state index contributed by atoms with van der Waals surface area (Å²) in [4.78, 5) is -0.809. The van der Waals surface area contributed by atoms with Gasteiger partial charge < -0.3 is 5.73 Å². The first-order valence-corrected chi connectivity index (χ1v) is 9.30. The number of benzene rings is 1. The molecule has 3 N–H and O–H groups in total. The number of anilines is 1. The number of hydrogen-bond donors (Lipinski definition) is 2. The summed E-state index contributed by atoms with van der Waals surface area (Å²) in [6, 6.07) is 1.48. The quantitative estimate of drug-likeness (QED) is 0.772. The molecule has 1 aliphatic heterocycles. The lowest BCUT2D eigenvalue weighted by molar-refractivity contribution is 0.545. The van der Waals surface area contributed by atoms with Crippen LogP contribution in [0.5, 0.6) is 0 Å². The first kappa shape index (κ1) is 16.1. The highest BCUT2D eigenvalue weighted by Gasteiger charge is 2.33. The van der Waals surface area contributed by atoms with E-state index in [2.05, 4.69) is 0 Å². The lowest BCUT2D eigenvalue weighted by atomic mass is 10.2. The van der Waals surface area contributed by atoms with Crippen LogP contribution in [0, 0.1) is 11.6 Å². The molecule has 10 heteroatoms. The fourth-order valence-corrected chi connectivity index (χ4v) is 5.16. The number of hydrogen-bond acceptors (Lipinski definition) is 5. The van der Waals surface area contributed by atoms with Crippen molar-refractivity contribution in [3.05, 3.63) is 23.8 Å². The fourth-order valence-electron chi connectivity index (χ4n) is 2.12. The van der Waals surface area contributed by atoms with Crippen LogP contribution in [0.2, 0.25) is 0 Å². The number of nitrogens with one attached hydrogen (secondary N) is 1. The average molecular weight is 340 g/mol. The number of sulfone groups is 1. The van der Waals surface area contributed by atoms with Gasteiger partial charge in [0, 0.05) is 6.54 Å². The predicted molar refractivity (Wildman–Crippen MR) is 72.8 cm³/mol. The van der Waals surface area contributed by atoms with Crippen molar-refractivity contribution >= 4 is 25.5 Å². The van der Waals surface area contributed by atoms with Crippen molar-refractivity contribution in [2.75, 3.05) is 18.0 Å².